The molecule has 2 heterocycles. The predicted molar refractivity (Wildman–Crippen MR) is 112 cm³/mol. The van der Waals surface area contributed by atoms with Crippen molar-refractivity contribution in [2.45, 2.75) is 72.4 Å². The number of amides is 1. The van der Waals surface area contributed by atoms with Crippen LogP contribution in [0.25, 0.3) is 0 Å². The summed E-state index contributed by atoms with van der Waals surface area (Å²) >= 11 is 0. The fraction of sp³-hybridized carbons (Fsp3) is 0.565. The third kappa shape index (κ3) is 3.80. The van der Waals surface area contributed by atoms with Gasteiger partial charge in [-0.2, -0.15) is 0 Å². The molecule has 0 unspecified atom stereocenters. The van der Waals surface area contributed by atoms with E-state index < -0.39 is 0 Å². The van der Waals surface area contributed by atoms with Crippen LogP contribution in [0.5, 0.6) is 5.75 Å². The summed E-state index contributed by atoms with van der Waals surface area (Å²) in [5, 5.41) is 0. The van der Waals surface area contributed by atoms with Gasteiger partial charge in [-0.25, -0.2) is 0 Å². The van der Waals surface area contributed by atoms with E-state index in [1.807, 2.05) is 27.1 Å². The molecule has 2 aromatic heterocycles. The normalized spacial score (nSPS) is 14.9. The first kappa shape index (κ1) is 20.4. The summed E-state index contributed by atoms with van der Waals surface area (Å²) in [5.41, 5.74) is 5.96. The molecule has 1 aliphatic rings. The number of rotatable bonds is 5. The summed E-state index contributed by atoms with van der Waals surface area (Å²) in [6.07, 6.45) is 8.14. The van der Waals surface area contributed by atoms with Crippen LogP contribution in [0.15, 0.2) is 12.3 Å². The fourth-order valence-corrected chi connectivity index (χ4v) is 4.63. The summed E-state index contributed by atoms with van der Waals surface area (Å²) in [7, 11) is 3.52. The molecular weight excluding hydrogens is 350 g/mol. The Bertz CT molecular complexity index is 863. The summed E-state index contributed by atoms with van der Waals surface area (Å²) in [4.78, 5) is 19.5. The molecule has 0 atom stereocenters. The average Bonchev–Trinajstić information content (AvgIpc) is 2.98. The van der Waals surface area contributed by atoms with E-state index in [0.29, 0.717) is 12.6 Å². The maximum absolute atomic E-state index is 13.2. The molecule has 5 nitrogen and oxygen atoms in total. The molecule has 0 N–H and O–H groups in total. The van der Waals surface area contributed by atoms with Crippen LogP contribution < -0.4 is 4.74 Å². The molecule has 0 spiro atoms. The number of aromatic nitrogens is 2. The van der Waals surface area contributed by atoms with E-state index in [-0.39, 0.29) is 5.91 Å². The van der Waals surface area contributed by atoms with Gasteiger partial charge in [0.1, 0.15) is 5.75 Å². The number of pyridine rings is 1. The van der Waals surface area contributed by atoms with Crippen molar-refractivity contribution in [3.63, 3.8) is 0 Å². The lowest BCUT2D eigenvalue weighted by Crippen LogP contribution is -2.27. The van der Waals surface area contributed by atoms with Crippen molar-refractivity contribution in [3.8, 4) is 5.75 Å². The maximum atomic E-state index is 13.2. The molecule has 0 bridgehead atoms. The Hall–Kier alpha value is -2.30. The Kier molecular flexibility index (Phi) is 6.11. The van der Waals surface area contributed by atoms with Gasteiger partial charge in [0.15, 0.2) is 0 Å². The lowest BCUT2D eigenvalue weighted by Gasteiger charge is -2.26. The second kappa shape index (κ2) is 8.38. The van der Waals surface area contributed by atoms with Crippen molar-refractivity contribution < 1.29 is 9.53 Å². The number of carbonyl (C=O) groups is 1. The van der Waals surface area contributed by atoms with Gasteiger partial charge in [0, 0.05) is 41.8 Å². The van der Waals surface area contributed by atoms with Gasteiger partial charge < -0.3 is 14.2 Å². The number of methoxy groups -OCH3 is 1. The molecular formula is C23H33N3O2. The molecule has 0 aromatic carbocycles. The van der Waals surface area contributed by atoms with Crippen molar-refractivity contribution in [1.29, 1.82) is 0 Å². The summed E-state index contributed by atoms with van der Waals surface area (Å²) in [6.45, 7) is 8.66. The minimum absolute atomic E-state index is 0.0518. The van der Waals surface area contributed by atoms with Gasteiger partial charge in [-0.05, 0) is 46.6 Å². The van der Waals surface area contributed by atoms with Crippen molar-refractivity contribution in [3.05, 3.63) is 46.0 Å². The lowest BCUT2D eigenvalue weighted by atomic mass is 9.95. The first-order chi connectivity index (χ1) is 13.3. The molecule has 1 saturated carbocycles. The van der Waals surface area contributed by atoms with Gasteiger partial charge in [0.2, 0.25) is 0 Å². The Labute approximate surface area is 168 Å². The quantitative estimate of drug-likeness (QED) is 0.737. The number of nitrogens with zero attached hydrogens (tertiary/aromatic N) is 3. The van der Waals surface area contributed by atoms with E-state index >= 15 is 0 Å². The van der Waals surface area contributed by atoms with Crippen LogP contribution in [0.1, 0.15) is 76.7 Å². The number of hydrogen-bond acceptors (Lipinski definition) is 3. The Morgan fingerprint density at radius 2 is 1.89 bits per heavy atom. The second-order valence-electron chi connectivity index (χ2n) is 8.15. The van der Waals surface area contributed by atoms with Gasteiger partial charge in [0.25, 0.3) is 5.91 Å². The van der Waals surface area contributed by atoms with Crippen LogP contribution in [-0.4, -0.2) is 34.5 Å². The minimum atomic E-state index is 0.0518. The highest BCUT2D eigenvalue weighted by atomic mass is 16.5. The predicted octanol–water partition coefficient (Wildman–Crippen LogP) is 4.90. The molecule has 28 heavy (non-hydrogen) atoms. The van der Waals surface area contributed by atoms with E-state index in [4.69, 9.17) is 4.74 Å². The van der Waals surface area contributed by atoms with E-state index in [0.717, 1.165) is 33.8 Å². The lowest BCUT2D eigenvalue weighted by molar-refractivity contribution is 0.0782. The van der Waals surface area contributed by atoms with Gasteiger partial charge in [0.05, 0.1) is 24.9 Å². The number of ether oxygens (including phenoxy) is 1. The first-order valence-corrected chi connectivity index (χ1v) is 10.3. The Morgan fingerprint density at radius 1 is 1.21 bits per heavy atom. The summed E-state index contributed by atoms with van der Waals surface area (Å²) in [5.74, 6) is 0.900. The van der Waals surface area contributed by atoms with Crippen LogP contribution in [-0.2, 0) is 6.54 Å². The molecule has 5 heteroatoms. The number of hydrogen-bond donors (Lipinski definition) is 0. The highest BCUT2D eigenvalue weighted by Crippen LogP contribution is 2.32. The summed E-state index contributed by atoms with van der Waals surface area (Å²) in [6, 6.07) is 2.59. The van der Waals surface area contributed by atoms with Crippen molar-refractivity contribution in [2.75, 3.05) is 14.2 Å². The zero-order valence-corrected chi connectivity index (χ0v) is 18.1. The molecule has 2 aromatic rings. The zero-order chi connectivity index (χ0) is 20.4. The fourth-order valence-electron chi connectivity index (χ4n) is 4.63. The van der Waals surface area contributed by atoms with Gasteiger partial charge in [-0.15, -0.1) is 0 Å². The van der Waals surface area contributed by atoms with E-state index in [9.17, 15) is 4.79 Å². The van der Waals surface area contributed by atoms with Gasteiger partial charge >= 0.3 is 0 Å². The van der Waals surface area contributed by atoms with Crippen LogP contribution >= 0.6 is 0 Å². The topological polar surface area (TPSA) is 47.4 Å². The largest absolute Gasteiger partial charge is 0.496 e. The summed E-state index contributed by atoms with van der Waals surface area (Å²) < 4.78 is 7.89. The van der Waals surface area contributed by atoms with Gasteiger partial charge in [-0.3, -0.25) is 9.78 Å². The zero-order valence-electron chi connectivity index (χ0n) is 18.1. The molecule has 0 aliphatic heterocycles. The number of carbonyl (C=O) groups excluding carboxylic acids is 1. The number of aryl methyl sites for hydroxylation is 2. The van der Waals surface area contributed by atoms with Crippen LogP contribution in [0.2, 0.25) is 0 Å². The second-order valence-corrected chi connectivity index (χ2v) is 8.15. The molecule has 1 aliphatic carbocycles. The molecule has 1 fully saturated rings. The van der Waals surface area contributed by atoms with E-state index in [1.54, 1.807) is 12.0 Å². The minimum Gasteiger partial charge on any atom is -0.496 e. The van der Waals surface area contributed by atoms with Crippen LogP contribution in [0.3, 0.4) is 0 Å². The molecule has 3 rings (SSSR count). The third-order valence-electron chi connectivity index (χ3n) is 6.14. The van der Waals surface area contributed by atoms with Crippen molar-refractivity contribution in [2.24, 2.45) is 0 Å². The van der Waals surface area contributed by atoms with Crippen molar-refractivity contribution >= 4 is 5.91 Å². The smallest absolute Gasteiger partial charge is 0.255 e. The van der Waals surface area contributed by atoms with Gasteiger partial charge in [-0.1, -0.05) is 19.3 Å². The molecule has 0 radical (unpaired) electrons. The van der Waals surface area contributed by atoms with Crippen LogP contribution in [0, 0.1) is 27.7 Å². The monoisotopic (exact) mass is 383 g/mol. The Balaban J connectivity index is 1.83. The molecule has 0 saturated heterocycles. The van der Waals surface area contributed by atoms with Crippen LogP contribution in [0.4, 0.5) is 0 Å². The van der Waals surface area contributed by atoms with E-state index in [1.165, 1.54) is 37.8 Å². The standard InChI is InChI=1S/C23H33N3O2/c1-15-13-24-21(17(3)22(15)28-6)14-25(5)23(27)20-12-16(2)26(18(20)4)19-10-8-7-9-11-19/h12-13,19H,7-11,14H2,1-6H3. The SMILES string of the molecule is COc1c(C)cnc(CN(C)C(=O)c2cc(C)n(C3CCCCC3)c2C)c1C. The highest BCUT2D eigenvalue weighted by molar-refractivity contribution is 5.95. The van der Waals surface area contributed by atoms with Crippen molar-refractivity contribution in [1.82, 2.24) is 14.5 Å². The highest BCUT2D eigenvalue weighted by Gasteiger charge is 2.24. The maximum Gasteiger partial charge on any atom is 0.255 e. The third-order valence-corrected chi connectivity index (χ3v) is 6.14. The van der Waals surface area contributed by atoms with E-state index in [2.05, 4.69) is 29.5 Å². The average molecular weight is 384 g/mol. The molecule has 152 valence electrons. The Morgan fingerprint density at radius 3 is 2.54 bits per heavy atom. The molecule has 1 amide bonds. The first-order valence-electron chi connectivity index (χ1n) is 10.3.